The molecule has 1 heterocycles. The van der Waals surface area contributed by atoms with Gasteiger partial charge in [0.2, 0.25) is 0 Å². The van der Waals surface area contributed by atoms with Gasteiger partial charge in [-0.25, -0.2) is 0 Å². The topological polar surface area (TPSA) is 56.3 Å². The molecule has 0 spiro atoms. The number of hydrogen-bond donors (Lipinski definition) is 4. The molecule has 0 amide bonds. The Bertz CT molecular complexity index is 820. The summed E-state index contributed by atoms with van der Waals surface area (Å²) in [6.07, 6.45) is -0.242. The highest BCUT2D eigenvalue weighted by molar-refractivity contribution is 5.39. The Morgan fingerprint density at radius 1 is 0.654 bits per heavy atom. The Morgan fingerprint density at radius 2 is 1.15 bits per heavy atom. The van der Waals surface area contributed by atoms with Crippen molar-refractivity contribution >= 4 is 0 Å². The molecule has 1 fully saturated rings. The monoisotopic (exact) mass is 345 g/mol. The van der Waals surface area contributed by atoms with Crippen molar-refractivity contribution in [1.82, 2.24) is 16.0 Å². The van der Waals surface area contributed by atoms with Crippen LogP contribution in [-0.2, 0) is 0 Å². The molecular formula is C22H23N3O. The Labute approximate surface area is 153 Å². The maximum atomic E-state index is 10.5. The van der Waals surface area contributed by atoms with Gasteiger partial charge in [-0.2, -0.15) is 0 Å². The van der Waals surface area contributed by atoms with E-state index in [1.54, 1.807) is 6.07 Å². The summed E-state index contributed by atoms with van der Waals surface area (Å²) < 4.78 is 0. The summed E-state index contributed by atoms with van der Waals surface area (Å²) in [5.74, 6) is 0.301. The Kier molecular flexibility index (Phi) is 4.71. The molecule has 4 rings (SSSR count). The van der Waals surface area contributed by atoms with Crippen molar-refractivity contribution in [1.29, 1.82) is 0 Å². The predicted molar refractivity (Wildman–Crippen MR) is 103 cm³/mol. The van der Waals surface area contributed by atoms with Gasteiger partial charge in [-0.1, -0.05) is 72.8 Å². The van der Waals surface area contributed by atoms with E-state index in [0.29, 0.717) is 5.75 Å². The Morgan fingerprint density at radius 3 is 1.65 bits per heavy atom. The smallest absolute Gasteiger partial charge is 0.121 e. The third-order valence-electron chi connectivity index (χ3n) is 4.76. The van der Waals surface area contributed by atoms with E-state index in [0.717, 1.165) is 22.3 Å². The van der Waals surface area contributed by atoms with Gasteiger partial charge in [-0.05, 0) is 29.7 Å². The molecule has 3 aromatic carbocycles. The second-order valence-corrected chi connectivity index (χ2v) is 6.68. The fourth-order valence-corrected chi connectivity index (χ4v) is 3.40. The second-order valence-electron chi connectivity index (χ2n) is 6.68. The number of phenolic OH excluding ortho intramolecular Hbond substituents is 1. The average molecular weight is 345 g/mol. The number of rotatable bonds is 3. The van der Waals surface area contributed by atoms with Crippen LogP contribution in [0, 0.1) is 6.92 Å². The van der Waals surface area contributed by atoms with Crippen LogP contribution in [0.2, 0.25) is 0 Å². The lowest BCUT2D eigenvalue weighted by atomic mass is 10.0. The van der Waals surface area contributed by atoms with E-state index in [1.807, 2.05) is 55.5 Å². The normalized spacial score (nSPS) is 22.9. The van der Waals surface area contributed by atoms with Crippen LogP contribution in [0.1, 0.15) is 40.8 Å². The second kappa shape index (κ2) is 7.30. The first-order valence-corrected chi connectivity index (χ1v) is 8.88. The summed E-state index contributed by atoms with van der Waals surface area (Å²) in [5, 5.41) is 21.2. The number of aryl methyl sites for hydroxylation is 1. The van der Waals surface area contributed by atoms with Gasteiger partial charge in [0.05, 0.1) is 18.5 Å². The van der Waals surface area contributed by atoms with Crippen LogP contribution in [-0.4, -0.2) is 5.11 Å². The minimum absolute atomic E-state index is 0.0339. The molecule has 4 heteroatoms. The highest BCUT2D eigenvalue weighted by atomic mass is 16.3. The van der Waals surface area contributed by atoms with Crippen molar-refractivity contribution < 1.29 is 5.11 Å². The number of nitrogens with one attached hydrogen (secondary N) is 3. The molecule has 3 aromatic rings. The number of phenols is 1. The van der Waals surface area contributed by atoms with Gasteiger partial charge in [0, 0.05) is 5.56 Å². The fourth-order valence-electron chi connectivity index (χ4n) is 3.40. The number of hydrogen-bond acceptors (Lipinski definition) is 4. The maximum absolute atomic E-state index is 10.5. The zero-order valence-electron chi connectivity index (χ0n) is 14.7. The first kappa shape index (κ1) is 16.8. The van der Waals surface area contributed by atoms with Crippen LogP contribution < -0.4 is 16.0 Å². The lowest BCUT2D eigenvalue weighted by Crippen LogP contribution is -2.54. The van der Waals surface area contributed by atoms with E-state index < -0.39 is 0 Å². The lowest BCUT2D eigenvalue weighted by molar-refractivity contribution is 0.200. The fraction of sp³-hybridized carbons (Fsp3) is 0.182. The molecule has 1 aliphatic rings. The summed E-state index contributed by atoms with van der Waals surface area (Å²) in [7, 11) is 0. The first-order chi connectivity index (χ1) is 12.7. The van der Waals surface area contributed by atoms with Crippen molar-refractivity contribution in [2.24, 2.45) is 0 Å². The summed E-state index contributed by atoms with van der Waals surface area (Å²) >= 11 is 0. The molecule has 26 heavy (non-hydrogen) atoms. The molecule has 0 bridgehead atoms. The molecule has 2 atom stereocenters. The molecular weight excluding hydrogens is 322 g/mol. The van der Waals surface area contributed by atoms with Crippen molar-refractivity contribution in [2.45, 2.75) is 25.4 Å². The standard InChI is InChI=1S/C22H23N3O/c1-15-12-13-18(19(26)14-15)22-24-20(16-8-4-2-5-9-16)23-21(25-22)17-10-6-3-7-11-17/h2-14,20-26H,1H3. The minimum Gasteiger partial charge on any atom is -0.508 e. The van der Waals surface area contributed by atoms with Crippen LogP contribution in [0.5, 0.6) is 5.75 Å². The highest BCUT2D eigenvalue weighted by Gasteiger charge is 2.30. The molecule has 4 nitrogen and oxygen atoms in total. The van der Waals surface area contributed by atoms with Gasteiger partial charge in [-0.3, -0.25) is 16.0 Å². The van der Waals surface area contributed by atoms with Crippen LogP contribution >= 0.6 is 0 Å². The van der Waals surface area contributed by atoms with Gasteiger partial charge in [0.1, 0.15) is 5.75 Å². The van der Waals surface area contributed by atoms with Crippen LogP contribution in [0.3, 0.4) is 0 Å². The molecule has 1 saturated heterocycles. The lowest BCUT2D eigenvalue weighted by Gasteiger charge is -2.39. The van der Waals surface area contributed by atoms with Crippen molar-refractivity contribution in [3.63, 3.8) is 0 Å². The van der Waals surface area contributed by atoms with E-state index in [-0.39, 0.29) is 18.5 Å². The molecule has 2 unspecified atom stereocenters. The predicted octanol–water partition coefficient (Wildman–Crippen LogP) is 3.88. The molecule has 4 N–H and O–H groups in total. The van der Waals surface area contributed by atoms with E-state index >= 15 is 0 Å². The van der Waals surface area contributed by atoms with Crippen molar-refractivity contribution in [3.05, 3.63) is 101 Å². The van der Waals surface area contributed by atoms with Crippen LogP contribution in [0.15, 0.2) is 78.9 Å². The molecule has 0 aliphatic carbocycles. The largest absolute Gasteiger partial charge is 0.508 e. The van der Waals surface area contributed by atoms with Gasteiger partial charge in [-0.15, -0.1) is 0 Å². The van der Waals surface area contributed by atoms with Crippen LogP contribution in [0.4, 0.5) is 0 Å². The van der Waals surface area contributed by atoms with Gasteiger partial charge in [0.15, 0.2) is 0 Å². The zero-order valence-corrected chi connectivity index (χ0v) is 14.7. The first-order valence-electron chi connectivity index (χ1n) is 8.88. The highest BCUT2D eigenvalue weighted by Crippen LogP contribution is 2.31. The number of benzene rings is 3. The average Bonchev–Trinajstić information content (AvgIpc) is 2.69. The SMILES string of the molecule is Cc1ccc(C2NC(c3ccccc3)NC(c3ccccc3)N2)c(O)c1. The Hall–Kier alpha value is -2.66. The molecule has 1 aliphatic heterocycles. The van der Waals surface area contributed by atoms with Gasteiger partial charge < -0.3 is 5.11 Å². The molecule has 0 aromatic heterocycles. The van der Waals surface area contributed by atoms with Gasteiger partial charge in [0.25, 0.3) is 0 Å². The minimum atomic E-state index is -0.174. The third-order valence-corrected chi connectivity index (χ3v) is 4.76. The molecule has 132 valence electrons. The summed E-state index contributed by atoms with van der Waals surface area (Å²) in [6.45, 7) is 1.98. The van der Waals surface area contributed by atoms with Crippen molar-refractivity contribution in [3.8, 4) is 5.75 Å². The molecule has 0 saturated carbocycles. The number of aromatic hydroxyl groups is 1. The maximum Gasteiger partial charge on any atom is 0.121 e. The van der Waals surface area contributed by atoms with E-state index in [1.165, 1.54) is 0 Å². The van der Waals surface area contributed by atoms with E-state index in [9.17, 15) is 5.11 Å². The quantitative estimate of drug-likeness (QED) is 0.582. The molecule has 0 radical (unpaired) electrons. The van der Waals surface area contributed by atoms with E-state index in [2.05, 4.69) is 40.2 Å². The summed E-state index contributed by atoms with van der Waals surface area (Å²) in [4.78, 5) is 0. The van der Waals surface area contributed by atoms with Crippen LogP contribution in [0.25, 0.3) is 0 Å². The van der Waals surface area contributed by atoms with Gasteiger partial charge >= 0.3 is 0 Å². The van der Waals surface area contributed by atoms with E-state index in [4.69, 9.17) is 0 Å². The third kappa shape index (κ3) is 3.48. The van der Waals surface area contributed by atoms with Crippen molar-refractivity contribution in [2.75, 3.05) is 0 Å². The summed E-state index contributed by atoms with van der Waals surface area (Å²) in [5.41, 5.74) is 4.21. The summed E-state index contributed by atoms with van der Waals surface area (Å²) in [6, 6.07) is 26.4. The Balaban J connectivity index is 1.69. The zero-order chi connectivity index (χ0) is 17.9.